The average molecular weight is 331 g/mol. The maximum absolute atomic E-state index is 11.8. The summed E-state index contributed by atoms with van der Waals surface area (Å²) < 4.78 is 25.0. The highest BCUT2D eigenvalue weighted by Gasteiger charge is 2.38. The first kappa shape index (κ1) is 17.7. The van der Waals surface area contributed by atoms with Crippen LogP contribution < -0.4 is 0 Å². The molecule has 7 heteroatoms. The molecule has 0 radical (unpaired) electrons. The monoisotopic (exact) mass is 331 g/mol. The molecule has 128 valence electrons. The summed E-state index contributed by atoms with van der Waals surface area (Å²) in [6, 6.07) is 0.735. The lowest BCUT2D eigenvalue weighted by Gasteiger charge is -2.34. The molecule has 0 aromatic rings. The van der Waals surface area contributed by atoms with Gasteiger partial charge in [-0.15, -0.1) is 0 Å². The third kappa shape index (κ3) is 4.00. The quantitative estimate of drug-likeness (QED) is 0.720. The van der Waals surface area contributed by atoms with E-state index in [0.717, 1.165) is 45.3 Å². The summed E-state index contributed by atoms with van der Waals surface area (Å²) in [5, 5.41) is 0. The summed E-state index contributed by atoms with van der Waals surface area (Å²) in [5.41, 5.74) is 0. The molecule has 0 N–H and O–H groups in total. The maximum Gasteiger partial charge on any atom is 0.219 e. The Balaban J connectivity index is 1.90. The van der Waals surface area contributed by atoms with Crippen LogP contribution in [0.4, 0.5) is 0 Å². The molecule has 22 heavy (non-hydrogen) atoms. The van der Waals surface area contributed by atoms with Crippen LogP contribution in [0, 0.1) is 0 Å². The Morgan fingerprint density at radius 3 is 2.41 bits per heavy atom. The molecule has 2 atom stereocenters. The summed E-state index contributed by atoms with van der Waals surface area (Å²) in [7, 11) is 0.0527. The Bertz CT molecular complexity index is 492. The van der Waals surface area contributed by atoms with Crippen molar-refractivity contribution < 1.29 is 13.2 Å². The Morgan fingerprint density at radius 1 is 1.14 bits per heavy atom. The minimum atomic E-state index is -3.11. The van der Waals surface area contributed by atoms with Crippen molar-refractivity contribution in [2.75, 3.05) is 39.5 Å². The second kappa shape index (κ2) is 7.27. The van der Waals surface area contributed by atoms with Crippen molar-refractivity contribution in [1.29, 1.82) is 0 Å². The van der Waals surface area contributed by atoms with Gasteiger partial charge in [0, 0.05) is 39.6 Å². The fourth-order valence-electron chi connectivity index (χ4n) is 3.78. The van der Waals surface area contributed by atoms with Crippen LogP contribution in [-0.2, 0) is 14.8 Å². The van der Waals surface area contributed by atoms with Gasteiger partial charge in [-0.05, 0) is 45.2 Å². The first-order chi connectivity index (χ1) is 10.3. The molecule has 2 fully saturated rings. The lowest BCUT2D eigenvalue weighted by Crippen LogP contribution is -2.48. The van der Waals surface area contributed by atoms with Crippen molar-refractivity contribution in [3.8, 4) is 0 Å². The first-order valence-corrected chi connectivity index (χ1v) is 9.85. The fourth-order valence-corrected chi connectivity index (χ4v) is 4.64. The maximum atomic E-state index is 11.8. The number of likely N-dealkylation sites (tertiary alicyclic amines) is 2. The predicted octanol–water partition coefficient (Wildman–Crippen LogP) is 0.743. The number of rotatable bonds is 6. The number of hydrogen-bond donors (Lipinski definition) is 0. The molecule has 0 aliphatic carbocycles. The summed E-state index contributed by atoms with van der Waals surface area (Å²) in [6.45, 7) is 4.36. The van der Waals surface area contributed by atoms with Gasteiger partial charge < -0.3 is 4.90 Å². The van der Waals surface area contributed by atoms with Crippen LogP contribution in [0.25, 0.3) is 0 Å². The SMILES string of the molecule is CC(=O)N1CCC[C@@H]1[C@H]1CCCN1CCCS(=O)(=O)N(C)C. The van der Waals surface area contributed by atoms with Gasteiger partial charge in [-0.3, -0.25) is 9.69 Å². The largest absolute Gasteiger partial charge is 0.338 e. The predicted molar refractivity (Wildman–Crippen MR) is 87.1 cm³/mol. The van der Waals surface area contributed by atoms with E-state index in [0.29, 0.717) is 18.5 Å². The van der Waals surface area contributed by atoms with E-state index in [4.69, 9.17) is 0 Å². The van der Waals surface area contributed by atoms with Gasteiger partial charge in [-0.2, -0.15) is 0 Å². The van der Waals surface area contributed by atoms with Crippen LogP contribution in [0.15, 0.2) is 0 Å². The molecule has 0 bridgehead atoms. The van der Waals surface area contributed by atoms with Crippen molar-refractivity contribution in [3.05, 3.63) is 0 Å². The number of sulfonamides is 1. The first-order valence-electron chi connectivity index (χ1n) is 8.24. The van der Waals surface area contributed by atoms with Gasteiger partial charge in [0.05, 0.1) is 5.75 Å². The van der Waals surface area contributed by atoms with E-state index in [1.165, 1.54) is 4.31 Å². The molecule has 0 aromatic carbocycles. The van der Waals surface area contributed by atoms with Gasteiger partial charge in [0.25, 0.3) is 0 Å². The molecule has 2 aliphatic rings. The Hall–Kier alpha value is -0.660. The normalized spacial score (nSPS) is 27.0. The van der Waals surface area contributed by atoms with Gasteiger partial charge in [0.2, 0.25) is 15.9 Å². The van der Waals surface area contributed by atoms with Crippen LogP contribution in [0.3, 0.4) is 0 Å². The molecule has 2 heterocycles. The van der Waals surface area contributed by atoms with Gasteiger partial charge in [-0.1, -0.05) is 0 Å². The van der Waals surface area contributed by atoms with Crippen molar-refractivity contribution in [2.24, 2.45) is 0 Å². The van der Waals surface area contributed by atoms with Gasteiger partial charge in [0.1, 0.15) is 0 Å². The highest BCUT2D eigenvalue weighted by molar-refractivity contribution is 7.89. The molecule has 1 amide bonds. The van der Waals surface area contributed by atoms with E-state index in [-0.39, 0.29) is 11.7 Å². The molecular weight excluding hydrogens is 302 g/mol. The van der Waals surface area contributed by atoms with Crippen LogP contribution in [0.1, 0.15) is 39.0 Å². The average Bonchev–Trinajstić information content (AvgIpc) is 3.05. The summed E-state index contributed by atoms with van der Waals surface area (Å²) in [6.07, 6.45) is 5.09. The van der Waals surface area contributed by atoms with Gasteiger partial charge >= 0.3 is 0 Å². The van der Waals surface area contributed by atoms with E-state index in [1.54, 1.807) is 21.0 Å². The molecule has 0 unspecified atom stereocenters. The van der Waals surface area contributed by atoms with Crippen molar-refractivity contribution in [3.63, 3.8) is 0 Å². The third-order valence-electron chi connectivity index (χ3n) is 4.97. The van der Waals surface area contributed by atoms with E-state index in [1.807, 2.05) is 4.90 Å². The van der Waals surface area contributed by atoms with Crippen LogP contribution >= 0.6 is 0 Å². The number of hydrogen-bond acceptors (Lipinski definition) is 4. The van der Waals surface area contributed by atoms with Crippen molar-refractivity contribution >= 4 is 15.9 Å². The highest BCUT2D eigenvalue weighted by atomic mass is 32.2. The zero-order valence-corrected chi connectivity index (χ0v) is 14.8. The molecule has 0 spiro atoms. The van der Waals surface area contributed by atoms with Crippen LogP contribution in [0.5, 0.6) is 0 Å². The number of carbonyl (C=O) groups is 1. The zero-order valence-electron chi connectivity index (χ0n) is 14.0. The van der Waals surface area contributed by atoms with Gasteiger partial charge in [0.15, 0.2) is 0 Å². The van der Waals surface area contributed by atoms with Crippen LogP contribution in [0.2, 0.25) is 0 Å². The molecule has 2 aliphatic heterocycles. The minimum Gasteiger partial charge on any atom is -0.338 e. The summed E-state index contributed by atoms with van der Waals surface area (Å²) in [5.74, 6) is 0.370. The highest BCUT2D eigenvalue weighted by Crippen LogP contribution is 2.30. The van der Waals surface area contributed by atoms with E-state index in [2.05, 4.69) is 4.90 Å². The zero-order chi connectivity index (χ0) is 16.3. The van der Waals surface area contributed by atoms with Crippen molar-refractivity contribution in [1.82, 2.24) is 14.1 Å². The number of nitrogens with zero attached hydrogens (tertiary/aromatic N) is 3. The minimum absolute atomic E-state index is 0.171. The smallest absolute Gasteiger partial charge is 0.219 e. The van der Waals surface area contributed by atoms with Crippen molar-refractivity contribution in [2.45, 2.75) is 51.1 Å². The molecule has 6 nitrogen and oxygen atoms in total. The molecule has 2 rings (SSSR count). The Labute approximate surface area is 134 Å². The molecule has 2 saturated heterocycles. The third-order valence-corrected chi connectivity index (χ3v) is 6.88. The second-order valence-electron chi connectivity index (χ2n) is 6.62. The van der Waals surface area contributed by atoms with E-state index >= 15 is 0 Å². The van der Waals surface area contributed by atoms with Crippen LogP contribution in [-0.4, -0.2) is 80.0 Å². The molecular formula is C15H29N3O3S. The van der Waals surface area contributed by atoms with E-state index in [9.17, 15) is 13.2 Å². The lowest BCUT2D eigenvalue weighted by molar-refractivity contribution is -0.130. The van der Waals surface area contributed by atoms with Gasteiger partial charge in [-0.25, -0.2) is 12.7 Å². The summed E-state index contributed by atoms with van der Waals surface area (Å²) in [4.78, 5) is 16.2. The standard InChI is InChI=1S/C15H29N3O3S/c1-13(19)18-11-5-8-15(18)14-7-4-9-17(14)10-6-12-22(20,21)16(2)3/h14-15H,4-12H2,1-3H3/t14-,15-/m1/s1. The fraction of sp³-hybridized carbons (Fsp3) is 0.933. The number of amides is 1. The lowest BCUT2D eigenvalue weighted by atomic mass is 10.0. The Morgan fingerprint density at radius 2 is 1.77 bits per heavy atom. The number of carbonyl (C=O) groups excluding carboxylic acids is 1. The molecule has 0 aromatic heterocycles. The topological polar surface area (TPSA) is 60.9 Å². The summed E-state index contributed by atoms with van der Waals surface area (Å²) >= 11 is 0. The molecule has 0 saturated carbocycles. The van der Waals surface area contributed by atoms with E-state index < -0.39 is 10.0 Å². The second-order valence-corrected chi connectivity index (χ2v) is 8.92. The Kier molecular flexibility index (Phi) is 5.85.